The van der Waals surface area contributed by atoms with Crippen molar-refractivity contribution >= 4 is 8.24 Å². The van der Waals surface area contributed by atoms with Crippen molar-refractivity contribution in [3.63, 3.8) is 0 Å². The molecule has 0 aliphatic heterocycles. The van der Waals surface area contributed by atoms with Gasteiger partial charge >= 0.3 is 0 Å². The van der Waals surface area contributed by atoms with Gasteiger partial charge in [-0.2, -0.15) is 0 Å². The van der Waals surface area contributed by atoms with Crippen molar-refractivity contribution in [3.05, 3.63) is 0 Å². The fourth-order valence-corrected chi connectivity index (χ4v) is 7.18. The molecule has 0 saturated carbocycles. The third-order valence-corrected chi connectivity index (χ3v) is 8.69. The molecular weight excluding hydrogens is 198 g/mol. The first-order valence-corrected chi connectivity index (χ1v) is 9.75. The fraction of sp³-hybridized carbons (Fsp3) is 1.00. The van der Waals surface area contributed by atoms with Crippen LogP contribution in [0.2, 0.25) is 18.6 Å². The molecule has 0 aromatic carbocycles. The molecule has 0 unspecified atom stereocenters. The molecule has 0 radical (unpaired) electrons. The van der Waals surface area contributed by atoms with Crippen LogP contribution in [0.3, 0.4) is 0 Å². The number of nitrogens with zero attached hydrogens (tertiary/aromatic N) is 1. The van der Waals surface area contributed by atoms with Crippen LogP contribution in [-0.4, -0.2) is 25.9 Å². The molecule has 0 aliphatic rings. The third-order valence-electron chi connectivity index (χ3n) is 3.66. The van der Waals surface area contributed by atoms with E-state index in [1.54, 1.807) is 0 Å². The molecule has 0 saturated heterocycles. The monoisotopic (exact) mass is 229 g/mol. The predicted octanol–water partition coefficient (Wildman–Crippen LogP) is 4.50. The lowest BCUT2D eigenvalue weighted by molar-refractivity contribution is 0.454. The maximum atomic E-state index is 2.79. The highest BCUT2D eigenvalue weighted by atomic mass is 28.3. The Labute approximate surface area is 98.3 Å². The normalized spacial score (nSPS) is 12.4. The van der Waals surface area contributed by atoms with Gasteiger partial charge in [-0.3, -0.25) is 0 Å². The van der Waals surface area contributed by atoms with Crippen molar-refractivity contribution in [2.45, 2.75) is 72.0 Å². The Hall–Kier alpha value is 0.177. The van der Waals surface area contributed by atoms with E-state index in [1.807, 2.05) is 0 Å². The molecule has 0 aliphatic carbocycles. The molecule has 0 rings (SSSR count). The fourth-order valence-electron chi connectivity index (χ4n) is 2.54. The second-order valence-electron chi connectivity index (χ2n) is 4.88. The summed E-state index contributed by atoms with van der Waals surface area (Å²) in [5.74, 6) is 0. The first-order chi connectivity index (χ1) is 7.14. The second kappa shape index (κ2) is 8.34. The lowest BCUT2D eigenvalue weighted by Gasteiger charge is -2.39. The number of hydrogen-bond donors (Lipinski definition) is 0. The van der Waals surface area contributed by atoms with Gasteiger partial charge in [0.05, 0.1) is 0 Å². The Morgan fingerprint density at radius 3 is 1.47 bits per heavy atom. The van der Waals surface area contributed by atoms with E-state index in [0.29, 0.717) is 0 Å². The Morgan fingerprint density at radius 1 is 0.800 bits per heavy atom. The van der Waals surface area contributed by atoms with E-state index in [4.69, 9.17) is 0 Å². The Morgan fingerprint density at radius 2 is 1.20 bits per heavy atom. The van der Waals surface area contributed by atoms with Crippen LogP contribution >= 0.6 is 0 Å². The second-order valence-corrected chi connectivity index (χ2v) is 9.50. The van der Waals surface area contributed by atoms with Gasteiger partial charge in [-0.1, -0.05) is 59.9 Å². The summed E-state index contributed by atoms with van der Waals surface area (Å²) in [6.07, 6.45) is 5.58. The minimum absolute atomic E-state index is 1.09. The van der Waals surface area contributed by atoms with Gasteiger partial charge in [-0.15, -0.1) is 0 Å². The Balaban J connectivity index is 4.35. The SMILES string of the molecule is CCCC[Si](C)(CCCC)N(CC)CC. The average molecular weight is 229 g/mol. The summed E-state index contributed by atoms with van der Waals surface area (Å²) in [6.45, 7) is 14.4. The van der Waals surface area contributed by atoms with Crippen molar-refractivity contribution < 1.29 is 0 Å². The first kappa shape index (κ1) is 15.2. The van der Waals surface area contributed by atoms with Crippen molar-refractivity contribution in [1.82, 2.24) is 4.57 Å². The van der Waals surface area contributed by atoms with Gasteiger partial charge in [-0.25, -0.2) is 0 Å². The summed E-state index contributed by atoms with van der Waals surface area (Å²) in [6, 6.07) is 3.01. The lowest BCUT2D eigenvalue weighted by Crippen LogP contribution is -2.50. The third kappa shape index (κ3) is 5.16. The van der Waals surface area contributed by atoms with Crippen molar-refractivity contribution in [2.24, 2.45) is 0 Å². The van der Waals surface area contributed by atoms with Crippen LogP contribution in [0.25, 0.3) is 0 Å². The quantitative estimate of drug-likeness (QED) is 0.526. The molecule has 0 spiro atoms. The van der Waals surface area contributed by atoms with E-state index >= 15 is 0 Å². The van der Waals surface area contributed by atoms with Gasteiger partial charge in [0.2, 0.25) is 0 Å². The molecule has 0 heterocycles. The molecule has 1 nitrogen and oxygen atoms in total. The Bertz CT molecular complexity index is 135. The smallest absolute Gasteiger partial charge is 0.125 e. The minimum Gasteiger partial charge on any atom is -0.324 e. The highest BCUT2D eigenvalue weighted by Gasteiger charge is 2.31. The largest absolute Gasteiger partial charge is 0.324 e. The van der Waals surface area contributed by atoms with Crippen LogP contribution in [0.15, 0.2) is 0 Å². The zero-order chi connectivity index (χ0) is 11.7. The van der Waals surface area contributed by atoms with Crippen molar-refractivity contribution in [1.29, 1.82) is 0 Å². The highest BCUT2D eigenvalue weighted by Crippen LogP contribution is 2.25. The predicted molar refractivity (Wildman–Crippen MR) is 74.0 cm³/mol. The van der Waals surface area contributed by atoms with Gasteiger partial charge in [0.25, 0.3) is 0 Å². The summed E-state index contributed by atoms with van der Waals surface area (Å²) in [7, 11) is -1.09. The van der Waals surface area contributed by atoms with Gasteiger partial charge in [0.1, 0.15) is 8.24 Å². The van der Waals surface area contributed by atoms with Crippen LogP contribution in [-0.2, 0) is 0 Å². The van der Waals surface area contributed by atoms with Crippen LogP contribution in [0.1, 0.15) is 53.4 Å². The molecular formula is C13H31NSi. The maximum absolute atomic E-state index is 2.79. The number of hydrogen-bond acceptors (Lipinski definition) is 1. The molecule has 92 valence electrons. The van der Waals surface area contributed by atoms with Crippen LogP contribution in [0.5, 0.6) is 0 Å². The van der Waals surface area contributed by atoms with Gasteiger partial charge < -0.3 is 4.57 Å². The molecule has 0 aromatic rings. The van der Waals surface area contributed by atoms with E-state index in [0.717, 1.165) is 0 Å². The number of rotatable bonds is 9. The molecule has 0 bridgehead atoms. The van der Waals surface area contributed by atoms with Gasteiger partial charge in [-0.05, 0) is 25.2 Å². The minimum atomic E-state index is -1.09. The van der Waals surface area contributed by atoms with Crippen LogP contribution in [0.4, 0.5) is 0 Å². The number of unbranched alkanes of at least 4 members (excludes halogenated alkanes) is 2. The maximum Gasteiger partial charge on any atom is 0.125 e. The summed E-state index contributed by atoms with van der Waals surface area (Å²) >= 11 is 0. The topological polar surface area (TPSA) is 3.24 Å². The summed E-state index contributed by atoms with van der Waals surface area (Å²) in [5.41, 5.74) is 0. The molecule has 0 atom stereocenters. The van der Waals surface area contributed by atoms with Crippen molar-refractivity contribution in [2.75, 3.05) is 13.1 Å². The molecule has 0 N–H and O–H groups in total. The molecule has 0 amide bonds. The molecule has 0 fully saturated rings. The summed E-state index contributed by atoms with van der Waals surface area (Å²) in [5, 5.41) is 0. The molecule has 2 heteroatoms. The zero-order valence-corrected chi connectivity index (χ0v) is 12.6. The van der Waals surface area contributed by atoms with E-state index in [9.17, 15) is 0 Å². The standard InChI is InChI=1S/C13H31NSi/c1-6-10-12-15(5,13-11-7-2)14(8-3)9-4/h6-13H2,1-5H3. The van der Waals surface area contributed by atoms with E-state index < -0.39 is 8.24 Å². The summed E-state index contributed by atoms with van der Waals surface area (Å²) in [4.78, 5) is 0. The highest BCUT2D eigenvalue weighted by molar-refractivity contribution is 6.75. The van der Waals surface area contributed by atoms with Crippen molar-refractivity contribution in [3.8, 4) is 0 Å². The molecule has 0 aromatic heterocycles. The van der Waals surface area contributed by atoms with Gasteiger partial charge in [0, 0.05) is 0 Å². The first-order valence-electron chi connectivity index (χ1n) is 6.89. The Kier molecular flexibility index (Phi) is 8.44. The average Bonchev–Trinajstić information content (AvgIpc) is 2.25. The zero-order valence-electron chi connectivity index (χ0n) is 11.6. The van der Waals surface area contributed by atoms with E-state index in [2.05, 4.69) is 38.8 Å². The summed E-state index contributed by atoms with van der Waals surface area (Å²) < 4.78 is 2.79. The van der Waals surface area contributed by atoms with E-state index in [-0.39, 0.29) is 0 Å². The van der Waals surface area contributed by atoms with Crippen LogP contribution in [0, 0.1) is 0 Å². The van der Waals surface area contributed by atoms with Gasteiger partial charge in [0.15, 0.2) is 0 Å². The van der Waals surface area contributed by atoms with E-state index in [1.165, 1.54) is 50.9 Å². The lowest BCUT2D eigenvalue weighted by atomic mass is 10.4. The molecule has 15 heavy (non-hydrogen) atoms. The van der Waals surface area contributed by atoms with Crippen LogP contribution < -0.4 is 0 Å².